The van der Waals surface area contributed by atoms with Gasteiger partial charge in [-0.15, -0.1) is 0 Å². The SMILES string of the molecule is c1ccc(-c2cc(-c3ccccc3)cc(-c3ccc4c(c3)c3ccc(-c5ccc6c(c5)c5ccccc5n6-c5ccccc5)cc3n4-c3ccccc3)c2)cc1. The summed E-state index contributed by atoms with van der Waals surface area (Å²) in [5.74, 6) is 0. The summed E-state index contributed by atoms with van der Waals surface area (Å²) in [6, 6.07) is 79.5. The van der Waals surface area contributed by atoms with Crippen LogP contribution in [0, 0.1) is 0 Å². The molecule has 0 aliphatic carbocycles. The Morgan fingerprint density at radius 3 is 1.12 bits per heavy atom. The molecule has 11 rings (SSSR count). The van der Waals surface area contributed by atoms with Gasteiger partial charge in [-0.25, -0.2) is 0 Å². The van der Waals surface area contributed by atoms with Gasteiger partial charge < -0.3 is 9.13 Å². The van der Waals surface area contributed by atoms with Crippen molar-refractivity contribution in [2.45, 2.75) is 0 Å². The maximum Gasteiger partial charge on any atom is 0.0547 e. The van der Waals surface area contributed by atoms with Gasteiger partial charge in [0.25, 0.3) is 0 Å². The zero-order valence-corrected chi connectivity index (χ0v) is 30.7. The van der Waals surface area contributed by atoms with E-state index in [1.165, 1.54) is 93.8 Å². The maximum absolute atomic E-state index is 2.42. The molecule has 0 atom stereocenters. The summed E-state index contributed by atoms with van der Waals surface area (Å²) in [6.07, 6.45) is 0. The monoisotopic (exact) mass is 712 g/mol. The topological polar surface area (TPSA) is 9.86 Å². The first-order valence-corrected chi connectivity index (χ1v) is 19.3. The molecule has 0 saturated carbocycles. The molecule has 2 nitrogen and oxygen atoms in total. The lowest BCUT2D eigenvalue weighted by atomic mass is 9.93. The van der Waals surface area contributed by atoms with Crippen molar-refractivity contribution in [3.05, 3.63) is 218 Å². The van der Waals surface area contributed by atoms with Gasteiger partial charge in [-0.2, -0.15) is 0 Å². The average Bonchev–Trinajstić information content (AvgIpc) is 3.79. The Kier molecular flexibility index (Phi) is 7.53. The Morgan fingerprint density at radius 2 is 0.571 bits per heavy atom. The second-order valence-corrected chi connectivity index (χ2v) is 14.6. The third kappa shape index (κ3) is 5.34. The fraction of sp³-hybridized carbons (Fsp3) is 0. The molecule has 2 heteroatoms. The van der Waals surface area contributed by atoms with E-state index in [0.717, 1.165) is 5.69 Å². The molecule has 0 spiro atoms. The number of hydrogen-bond acceptors (Lipinski definition) is 0. The van der Waals surface area contributed by atoms with Crippen molar-refractivity contribution >= 4 is 43.6 Å². The molecule has 2 aromatic heterocycles. The van der Waals surface area contributed by atoms with Crippen LogP contribution in [0.2, 0.25) is 0 Å². The normalized spacial score (nSPS) is 11.6. The van der Waals surface area contributed by atoms with E-state index in [0.29, 0.717) is 0 Å². The van der Waals surface area contributed by atoms with Crippen LogP contribution in [0.4, 0.5) is 0 Å². The third-order valence-corrected chi connectivity index (χ3v) is 11.3. The lowest BCUT2D eigenvalue weighted by Gasteiger charge is -2.12. The van der Waals surface area contributed by atoms with Crippen molar-refractivity contribution < 1.29 is 0 Å². The van der Waals surface area contributed by atoms with Crippen LogP contribution in [-0.2, 0) is 0 Å². The van der Waals surface area contributed by atoms with Crippen LogP contribution < -0.4 is 0 Å². The third-order valence-electron chi connectivity index (χ3n) is 11.3. The quantitative estimate of drug-likeness (QED) is 0.162. The number of hydrogen-bond donors (Lipinski definition) is 0. The van der Waals surface area contributed by atoms with E-state index >= 15 is 0 Å². The van der Waals surface area contributed by atoms with Crippen LogP contribution in [0.5, 0.6) is 0 Å². The second kappa shape index (κ2) is 13.2. The van der Waals surface area contributed by atoms with E-state index in [-0.39, 0.29) is 0 Å². The molecule has 56 heavy (non-hydrogen) atoms. The van der Waals surface area contributed by atoms with Gasteiger partial charge in [-0.05, 0) is 123 Å². The Bertz CT molecular complexity index is 3150. The predicted molar refractivity (Wildman–Crippen MR) is 237 cm³/mol. The highest BCUT2D eigenvalue weighted by Gasteiger charge is 2.17. The van der Waals surface area contributed by atoms with E-state index in [4.69, 9.17) is 0 Å². The minimum absolute atomic E-state index is 1.15. The maximum atomic E-state index is 2.42. The molecule has 2 heterocycles. The molecule has 0 fully saturated rings. The lowest BCUT2D eigenvalue weighted by Crippen LogP contribution is -1.94. The first-order valence-electron chi connectivity index (χ1n) is 19.3. The van der Waals surface area contributed by atoms with Crippen molar-refractivity contribution in [3.8, 4) is 55.9 Å². The smallest absolute Gasteiger partial charge is 0.0547 e. The van der Waals surface area contributed by atoms with Crippen LogP contribution in [0.25, 0.3) is 99.5 Å². The number of rotatable bonds is 6. The molecular formula is C54H36N2. The molecule has 9 aromatic carbocycles. The summed E-state index contributed by atoms with van der Waals surface area (Å²) in [6.45, 7) is 0. The van der Waals surface area contributed by atoms with Crippen LogP contribution in [0.3, 0.4) is 0 Å². The first-order chi connectivity index (χ1) is 27.8. The summed E-state index contributed by atoms with van der Waals surface area (Å²) in [5, 5.41) is 4.98. The van der Waals surface area contributed by atoms with Gasteiger partial charge in [0, 0.05) is 32.9 Å². The fourth-order valence-corrected chi connectivity index (χ4v) is 8.63. The number of nitrogens with zero attached hydrogens (tertiary/aromatic N) is 2. The van der Waals surface area contributed by atoms with Crippen molar-refractivity contribution in [1.29, 1.82) is 0 Å². The summed E-state index contributed by atoms with van der Waals surface area (Å²) in [7, 11) is 0. The molecule has 0 saturated heterocycles. The molecule has 0 N–H and O–H groups in total. The van der Waals surface area contributed by atoms with Gasteiger partial charge in [0.2, 0.25) is 0 Å². The van der Waals surface area contributed by atoms with Gasteiger partial charge in [-0.1, -0.05) is 140 Å². The molecule has 11 aromatic rings. The zero-order chi connectivity index (χ0) is 37.0. The van der Waals surface area contributed by atoms with Crippen LogP contribution in [0.1, 0.15) is 0 Å². The minimum atomic E-state index is 1.15. The van der Waals surface area contributed by atoms with E-state index < -0.39 is 0 Å². The summed E-state index contributed by atoms with van der Waals surface area (Å²) >= 11 is 0. The standard InChI is InChI=1S/C54H36N2/c1-5-15-37(16-6-1)42-31-43(38-17-7-2-8-18-38)33-44(32-42)40-27-30-53-50(35-40)48-28-25-41(36-54(48)56(53)46-21-11-4-12-22-46)39-26-29-52-49(34-39)47-23-13-14-24-51(47)55(52)45-19-9-3-10-20-45/h1-36H. The highest BCUT2D eigenvalue weighted by molar-refractivity contribution is 6.13. The number of aromatic nitrogens is 2. The average molecular weight is 713 g/mol. The van der Waals surface area contributed by atoms with E-state index in [1.54, 1.807) is 0 Å². The van der Waals surface area contributed by atoms with Crippen LogP contribution in [-0.4, -0.2) is 9.13 Å². The molecule has 0 unspecified atom stereocenters. The zero-order valence-electron chi connectivity index (χ0n) is 30.7. The molecule has 0 bridgehead atoms. The largest absolute Gasteiger partial charge is 0.309 e. The highest BCUT2D eigenvalue weighted by Crippen LogP contribution is 2.40. The Morgan fingerprint density at radius 1 is 0.196 bits per heavy atom. The molecule has 262 valence electrons. The number of para-hydroxylation sites is 3. The van der Waals surface area contributed by atoms with Crippen LogP contribution in [0.15, 0.2) is 218 Å². The molecule has 0 aliphatic heterocycles. The van der Waals surface area contributed by atoms with Gasteiger partial charge in [0.05, 0.1) is 22.1 Å². The van der Waals surface area contributed by atoms with E-state index in [1.807, 2.05) is 0 Å². The number of benzene rings is 9. The van der Waals surface area contributed by atoms with Gasteiger partial charge in [-0.3, -0.25) is 0 Å². The summed E-state index contributed by atoms with van der Waals surface area (Å²) < 4.78 is 4.80. The molecule has 0 aliphatic rings. The fourth-order valence-electron chi connectivity index (χ4n) is 8.63. The van der Waals surface area contributed by atoms with E-state index in [9.17, 15) is 0 Å². The second-order valence-electron chi connectivity index (χ2n) is 14.6. The van der Waals surface area contributed by atoms with Gasteiger partial charge >= 0.3 is 0 Å². The Labute approximate surface area is 325 Å². The van der Waals surface area contributed by atoms with Gasteiger partial charge in [0.15, 0.2) is 0 Å². The Hall–Kier alpha value is -7.42. The van der Waals surface area contributed by atoms with Crippen molar-refractivity contribution in [1.82, 2.24) is 9.13 Å². The molecule has 0 radical (unpaired) electrons. The summed E-state index contributed by atoms with van der Waals surface area (Å²) in [5.41, 5.74) is 16.8. The number of fused-ring (bicyclic) bond motifs is 6. The first kappa shape index (κ1) is 32.0. The minimum Gasteiger partial charge on any atom is -0.309 e. The van der Waals surface area contributed by atoms with Crippen molar-refractivity contribution in [2.75, 3.05) is 0 Å². The van der Waals surface area contributed by atoms with Crippen molar-refractivity contribution in [3.63, 3.8) is 0 Å². The predicted octanol–water partition coefficient (Wildman–Crippen LogP) is 14.5. The highest BCUT2D eigenvalue weighted by atomic mass is 15.0. The Balaban J connectivity index is 1.10. The molecule has 0 amide bonds. The lowest BCUT2D eigenvalue weighted by molar-refractivity contribution is 1.18. The molecular weight excluding hydrogens is 677 g/mol. The van der Waals surface area contributed by atoms with Crippen LogP contribution >= 0.6 is 0 Å². The summed E-state index contributed by atoms with van der Waals surface area (Å²) in [4.78, 5) is 0. The van der Waals surface area contributed by atoms with Crippen molar-refractivity contribution in [2.24, 2.45) is 0 Å². The van der Waals surface area contributed by atoms with E-state index in [2.05, 4.69) is 228 Å². The van der Waals surface area contributed by atoms with Gasteiger partial charge in [0.1, 0.15) is 0 Å².